The monoisotopic (exact) mass is 648 g/mol. The first kappa shape index (κ1) is 31.5. The molecule has 0 atom stereocenters. The molecule has 0 unspecified atom stereocenters. The summed E-state index contributed by atoms with van der Waals surface area (Å²) in [5.74, 6) is -0.103. The van der Waals surface area contributed by atoms with Crippen LogP contribution in [0.2, 0.25) is 5.02 Å². The zero-order chi connectivity index (χ0) is 31.7. The quantitative estimate of drug-likeness (QED) is 0.281. The predicted molar refractivity (Wildman–Crippen MR) is 183 cm³/mol. The molecule has 1 amide bonds. The molecule has 1 N–H and O–H groups in total. The van der Waals surface area contributed by atoms with E-state index < -0.39 is 10.0 Å². The van der Waals surface area contributed by atoms with Crippen LogP contribution < -0.4 is 10.2 Å². The molecule has 238 valence electrons. The van der Waals surface area contributed by atoms with Crippen LogP contribution in [0.4, 0.5) is 5.69 Å². The van der Waals surface area contributed by atoms with Crippen LogP contribution in [0.15, 0.2) is 60.8 Å². The Kier molecular flexibility index (Phi) is 9.19. The van der Waals surface area contributed by atoms with E-state index in [1.807, 2.05) is 36.4 Å². The summed E-state index contributed by atoms with van der Waals surface area (Å²) in [5, 5.41) is 4.17. The molecule has 2 aromatic heterocycles. The van der Waals surface area contributed by atoms with E-state index in [9.17, 15) is 13.2 Å². The number of hydrogen-bond acceptors (Lipinski definition) is 7. The molecule has 9 nitrogen and oxygen atoms in total. The molecule has 2 saturated heterocycles. The van der Waals surface area contributed by atoms with E-state index >= 15 is 0 Å². The second kappa shape index (κ2) is 13.1. The van der Waals surface area contributed by atoms with Crippen molar-refractivity contribution < 1.29 is 13.2 Å². The molecule has 45 heavy (non-hydrogen) atoms. The third-order valence-corrected chi connectivity index (χ3v) is 10.3. The fraction of sp³-hybridized carbons (Fsp3) is 0.412. The fourth-order valence-corrected chi connectivity index (χ4v) is 7.79. The number of likely N-dealkylation sites (tertiary alicyclic amines) is 1. The van der Waals surface area contributed by atoms with Crippen molar-refractivity contribution in [3.63, 3.8) is 0 Å². The van der Waals surface area contributed by atoms with Crippen molar-refractivity contribution in [2.24, 2.45) is 0 Å². The lowest BCUT2D eigenvalue weighted by Gasteiger charge is -2.34. The summed E-state index contributed by atoms with van der Waals surface area (Å²) in [5.41, 5.74) is 4.57. The van der Waals surface area contributed by atoms with E-state index in [2.05, 4.69) is 39.0 Å². The van der Waals surface area contributed by atoms with Crippen LogP contribution >= 0.6 is 11.6 Å². The van der Waals surface area contributed by atoms with Crippen molar-refractivity contribution in [2.45, 2.75) is 32.2 Å². The molecule has 2 aromatic carbocycles. The Morgan fingerprint density at radius 3 is 2.20 bits per heavy atom. The van der Waals surface area contributed by atoms with E-state index in [4.69, 9.17) is 11.6 Å². The number of amides is 1. The van der Waals surface area contributed by atoms with Gasteiger partial charge < -0.3 is 20.0 Å². The molecule has 0 radical (unpaired) electrons. The summed E-state index contributed by atoms with van der Waals surface area (Å²) >= 11 is 6.77. The van der Waals surface area contributed by atoms with Crippen molar-refractivity contribution >= 4 is 44.3 Å². The van der Waals surface area contributed by atoms with Crippen LogP contribution in [0.1, 0.15) is 36.5 Å². The number of piperazine rings is 1. The minimum atomic E-state index is -3.78. The fourth-order valence-electron chi connectivity index (χ4n) is 6.57. The van der Waals surface area contributed by atoms with E-state index in [1.165, 1.54) is 16.4 Å². The van der Waals surface area contributed by atoms with Gasteiger partial charge in [-0.25, -0.2) is 17.4 Å². The summed E-state index contributed by atoms with van der Waals surface area (Å²) in [6.45, 7) is 9.13. The molecule has 6 rings (SSSR count). The number of anilines is 1. The highest BCUT2D eigenvalue weighted by Gasteiger charge is 2.28. The molecule has 4 aromatic rings. The van der Waals surface area contributed by atoms with E-state index in [0.717, 1.165) is 81.9 Å². The number of fused-ring (bicyclic) bond motifs is 1. The Hall–Kier alpha value is -3.44. The smallest absolute Gasteiger partial charge is 0.251 e. The third kappa shape index (κ3) is 6.60. The van der Waals surface area contributed by atoms with Crippen LogP contribution in [0.5, 0.6) is 0 Å². The average Bonchev–Trinajstić information content (AvgIpc) is 3.40. The molecule has 0 bridgehead atoms. The molecule has 2 fully saturated rings. The van der Waals surface area contributed by atoms with Gasteiger partial charge in [-0.05, 0) is 68.8 Å². The van der Waals surface area contributed by atoms with Gasteiger partial charge in [0.2, 0.25) is 10.0 Å². The molecule has 2 aliphatic heterocycles. The van der Waals surface area contributed by atoms with Gasteiger partial charge in [0.1, 0.15) is 0 Å². The van der Waals surface area contributed by atoms with Gasteiger partial charge in [0.05, 0.1) is 17.0 Å². The number of nitrogens with one attached hydrogen (secondary N) is 1. The first-order valence-electron chi connectivity index (χ1n) is 15.7. The minimum Gasteiger partial charge on any atom is -0.369 e. The van der Waals surface area contributed by atoms with Crippen LogP contribution in [0.3, 0.4) is 0 Å². The van der Waals surface area contributed by atoms with Gasteiger partial charge in [0.25, 0.3) is 5.91 Å². The van der Waals surface area contributed by atoms with Crippen molar-refractivity contribution in [2.75, 3.05) is 64.0 Å². The highest BCUT2D eigenvalue weighted by atomic mass is 35.5. The Bertz CT molecular complexity index is 1770. The number of pyridine rings is 1. The largest absolute Gasteiger partial charge is 0.369 e. The Morgan fingerprint density at radius 1 is 0.933 bits per heavy atom. The average molecular weight is 649 g/mol. The normalized spacial score (nSPS) is 17.2. The van der Waals surface area contributed by atoms with Gasteiger partial charge >= 0.3 is 0 Å². The van der Waals surface area contributed by atoms with E-state index in [-0.39, 0.29) is 17.6 Å². The molecular weight excluding hydrogens is 608 g/mol. The standard InChI is InChI=1S/C34H41ClN6O3S/c1-4-17-39-18-14-27(15-19-39)37-34(42)26-7-5-24(6-8-26)30-31-29(35)13-16-36-33(31)41(45(3,43)44)32(30)25-9-11-28(12-10-25)40-22-20-38(2)21-23-40/h5-13,16,27H,4,14-15,17-23H2,1-3H3,(H,37,42). The molecule has 0 saturated carbocycles. The van der Waals surface area contributed by atoms with E-state index in [1.54, 1.807) is 18.2 Å². The van der Waals surface area contributed by atoms with Gasteiger partial charge in [0, 0.05) is 79.3 Å². The van der Waals surface area contributed by atoms with Crippen LogP contribution in [0, 0.1) is 0 Å². The summed E-state index contributed by atoms with van der Waals surface area (Å²) in [4.78, 5) is 24.8. The summed E-state index contributed by atoms with van der Waals surface area (Å²) in [6, 6.07) is 17.2. The summed E-state index contributed by atoms with van der Waals surface area (Å²) in [6.07, 6.45) is 5.73. The Balaban J connectivity index is 1.36. The lowest BCUT2D eigenvalue weighted by Crippen LogP contribution is -2.44. The number of carbonyl (C=O) groups excluding carboxylic acids is 1. The van der Waals surface area contributed by atoms with Crippen LogP contribution in [-0.4, -0.2) is 98.2 Å². The first-order valence-corrected chi connectivity index (χ1v) is 17.9. The number of likely N-dealkylation sites (N-methyl/N-ethyl adjacent to an activating group) is 1. The third-order valence-electron chi connectivity index (χ3n) is 9.00. The van der Waals surface area contributed by atoms with Crippen molar-refractivity contribution in [1.82, 2.24) is 24.1 Å². The number of hydrogen-bond donors (Lipinski definition) is 1. The van der Waals surface area contributed by atoms with E-state index in [0.29, 0.717) is 27.2 Å². The molecule has 11 heteroatoms. The van der Waals surface area contributed by atoms with Crippen LogP contribution in [0.25, 0.3) is 33.4 Å². The van der Waals surface area contributed by atoms with Gasteiger partial charge in [-0.1, -0.05) is 42.8 Å². The summed E-state index contributed by atoms with van der Waals surface area (Å²) in [7, 11) is -1.66. The SMILES string of the molecule is CCCN1CCC(NC(=O)c2ccc(-c3c(-c4ccc(N5CCN(C)CC5)cc4)n(S(C)(=O)=O)c4nccc(Cl)c34)cc2)CC1. The Morgan fingerprint density at radius 2 is 1.58 bits per heavy atom. The molecule has 0 aliphatic carbocycles. The molecule has 2 aliphatic rings. The number of piperidine rings is 1. The number of halogens is 1. The number of nitrogens with zero attached hydrogens (tertiary/aromatic N) is 5. The number of rotatable bonds is 8. The second-order valence-electron chi connectivity index (χ2n) is 12.2. The number of carbonyl (C=O) groups is 1. The highest BCUT2D eigenvalue weighted by Crippen LogP contribution is 2.44. The van der Waals surface area contributed by atoms with Crippen molar-refractivity contribution in [1.29, 1.82) is 0 Å². The van der Waals surface area contributed by atoms with Crippen molar-refractivity contribution in [3.05, 3.63) is 71.4 Å². The number of benzene rings is 2. The maximum Gasteiger partial charge on any atom is 0.251 e. The minimum absolute atomic E-state index is 0.103. The molecular formula is C34H41ClN6O3S. The predicted octanol–water partition coefficient (Wildman–Crippen LogP) is 5.19. The first-order chi connectivity index (χ1) is 21.6. The number of aromatic nitrogens is 2. The Labute approximate surface area is 270 Å². The molecule has 0 spiro atoms. The zero-order valence-electron chi connectivity index (χ0n) is 26.2. The molecule has 4 heterocycles. The maximum absolute atomic E-state index is 13.3. The van der Waals surface area contributed by atoms with Gasteiger partial charge in [-0.15, -0.1) is 0 Å². The maximum atomic E-state index is 13.3. The lowest BCUT2D eigenvalue weighted by atomic mass is 9.97. The van der Waals surface area contributed by atoms with Gasteiger partial charge in [0.15, 0.2) is 5.65 Å². The lowest BCUT2D eigenvalue weighted by molar-refractivity contribution is 0.0911. The van der Waals surface area contributed by atoms with Crippen molar-refractivity contribution in [3.8, 4) is 22.4 Å². The van der Waals surface area contributed by atoms with Gasteiger partial charge in [-0.2, -0.15) is 0 Å². The highest BCUT2D eigenvalue weighted by molar-refractivity contribution is 7.89. The topological polar surface area (TPSA) is 90.8 Å². The zero-order valence-corrected chi connectivity index (χ0v) is 27.7. The second-order valence-corrected chi connectivity index (χ2v) is 14.5. The summed E-state index contributed by atoms with van der Waals surface area (Å²) < 4.78 is 28.0. The van der Waals surface area contributed by atoms with Crippen LogP contribution in [-0.2, 0) is 10.0 Å². The van der Waals surface area contributed by atoms with Gasteiger partial charge in [-0.3, -0.25) is 4.79 Å².